The van der Waals surface area contributed by atoms with Crippen LogP contribution in [0.2, 0.25) is 0 Å². The highest BCUT2D eigenvalue weighted by atomic mass is 16.2. The van der Waals surface area contributed by atoms with Crippen LogP contribution < -0.4 is 16.4 Å². The van der Waals surface area contributed by atoms with E-state index in [-0.39, 0.29) is 30.1 Å². The highest BCUT2D eigenvalue weighted by Crippen LogP contribution is 2.07. The Morgan fingerprint density at radius 3 is 3.15 bits per heavy atom. The summed E-state index contributed by atoms with van der Waals surface area (Å²) in [6, 6.07) is 3.44. The summed E-state index contributed by atoms with van der Waals surface area (Å²) in [5.41, 5.74) is 6.15. The van der Waals surface area contributed by atoms with Crippen molar-refractivity contribution in [2.24, 2.45) is 5.73 Å². The van der Waals surface area contributed by atoms with Crippen LogP contribution >= 0.6 is 0 Å². The van der Waals surface area contributed by atoms with Crippen molar-refractivity contribution in [2.75, 3.05) is 13.1 Å². The fraction of sp³-hybridized carbons (Fsp3) is 0.357. The van der Waals surface area contributed by atoms with E-state index < -0.39 is 0 Å². The van der Waals surface area contributed by atoms with E-state index in [1.54, 1.807) is 18.3 Å². The molecule has 20 heavy (non-hydrogen) atoms. The molecule has 1 saturated heterocycles. The summed E-state index contributed by atoms with van der Waals surface area (Å²) in [7, 11) is 0. The summed E-state index contributed by atoms with van der Waals surface area (Å²) >= 11 is 0. The number of carbonyl (C=O) groups excluding carboxylic acids is 2. The van der Waals surface area contributed by atoms with Gasteiger partial charge in [-0.05, 0) is 18.6 Å². The van der Waals surface area contributed by atoms with Gasteiger partial charge in [-0.25, -0.2) is 4.98 Å². The topological polar surface area (TPSA) is 97.1 Å². The molecule has 1 unspecified atom stereocenters. The number of hydrogen-bond acceptors (Lipinski definition) is 4. The monoisotopic (exact) mass is 272 g/mol. The Morgan fingerprint density at radius 2 is 2.45 bits per heavy atom. The molecule has 0 bridgehead atoms. The lowest BCUT2D eigenvalue weighted by molar-refractivity contribution is -0.119. The van der Waals surface area contributed by atoms with Crippen LogP contribution in [0.1, 0.15) is 28.9 Å². The van der Waals surface area contributed by atoms with E-state index in [0.717, 1.165) is 6.42 Å². The number of carbonyl (C=O) groups is 2. The lowest BCUT2D eigenvalue weighted by Crippen LogP contribution is -2.38. The second-order valence-electron chi connectivity index (χ2n) is 4.42. The number of rotatable bonds is 3. The fourth-order valence-electron chi connectivity index (χ4n) is 1.96. The van der Waals surface area contributed by atoms with E-state index in [9.17, 15) is 9.59 Å². The zero-order valence-corrected chi connectivity index (χ0v) is 11.0. The van der Waals surface area contributed by atoms with Gasteiger partial charge < -0.3 is 16.4 Å². The van der Waals surface area contributed by atoms with Gasteiger partial charge in [0.1, 0.15) is 5.69 Å². The molecule has 1 atom stereocenters. The molecular weight excluding hydrogens is 256 g/mol. The Morgan fingerprint density at radius 1 is 1.60 bits per heavy atom. The van der Waals surface area contributed by atoms with Crippen LogP contribution in [-0.2, 0) is 4.79 Å². The van der Waals surface area contributed by atoms with E-state index in [1.807, 2.05) is 0 Å². The predicted molar refractivity (Wildman–Crippen MR) is 73.7 cm³/mol. The van der Waals surface area contributed by atoms with Gasteiger partial charge in [-0.15, -0.1) is 0 Å². The first-order valence-electron chi connectivity index (χ1n) is 6.42. The second-order valence-corrected chi connectivity index (χ2v) is 4.42. The molecule has 0 spiro atoms. The third kappa shape index (κ3) is 3.56. The fourth-order valence-corrected chi connectivity index (χ4v) is 1.96. The van der Waals surface area contributed by atoms with Gasteiger partial charge in [-0.3, -0.25) is 9.59 Å². The maximum absolute atomic E-state index is 12.1. The first kappa shape index (κ1) is 14.0. The number of nitrogens with zero attached hydrogens (tertiary/aromatic N) is 1. The molecule has 2 heterocycles. The van der Waals surface area contributed by atoms with Crippen molar-refractivity contribution < 1.29 is 9.59 Å². The molecule has 1 aliphatic rings. The summed E-state index contributed by atoms with van der Waals surface area (Å²) in [6.45, 7) is 0.620. The summed E-state index contributed by atoms with van der Waals surface area (Å²) < 4.78 is 0. The molecule has 6 heteroatoms. The zero-order valence-electron chi connectivity index (χ0n) is 11.0. The Labute approximate surface area is 117 Å². The molecule has 0 aliphatic carbocycles. The molecule has 0 aromatic carbocycles. The van der Waals surface area contributed by atoms with Gasteiger partial charge >= 0.3 is 0 Å². The molecule has 1 fully saturated rings. The second kappa shape index (κ2) is 6.68. The van der Waals surface area contributed by atoms with E-state index in [0.29, 0.717) is 18.5 Å². The van der Waals surface area contributed by atoms with Crippen molar-refractivity contribution >= 4 is 11.8 Å². The number of pyridine rings is 1. The quantitative estimate of drug-likeness (QED) is 0.640. The van der Waals surface area contributed by atoms with E-state index in [2.05, 4.69) is 27.5 Å². The van der Waals surface area contributed by atoms with Crippen molar-refractivity contribution in [3.05, 3.63) is 29.6 Å². The van der Waals surface area contributed by atoms with E-state index in [4.69, 9.17) is 5.73 Å². The van der Waals surface area contributed by atoms with Crippen molar-refractivity contribution in [2.45, 2.75) is 18.9 Å². The maximum atomic E-state index is 12.1. The average molecular weight is 272 g/mol. The Kier molecular flexibility index (Phi) is 4.69. The van der Waals surface area contributed by atoms with Crippen LogP contribution in [0.25, 0.3) is 0 Å². The minimum Gasteiger partial charge on any atom is -0.352 e. The number of hydrogen-bond donors (Lipinski definition) is 3. The SMILES string of the molecule is NCC#Cc1cccnc1C(=O)NCC1CCC(=O)N1. The summed E-state index contributed by atoms with van der Waals surface area (Å²) in [5, 5.41) is 5.55. The normalized spacial score (nSPS) is 17.1. The van der Waals surface area contributed by atoms with Crippen LogP contribution in [-0.4, -0.2) is 35.9 Å². The average Bonchev–Trinajstić information content (AvgIpc) is 2.88. The standard InChI is InChI=1S/C14H16N4O2/c15-7-1-3-10-4-2-8-16-13(10)14(20)17-9-11-5-6-12(19)18-11/h2,4,8,11H,5-7,9,15H2,(H,17,20)(H,18,19). The predicted octanol–water partition coefficient (Wildman–Crippen LogP) is -0.600. The molecule has 2 rings (SSSR count). The summed E-state index contributed by atoms with van der Waals surface area (Å²) in [4.78, 5) is 27.2. The number of aromatic nitrogens is 1. The highest BCUT2D eigenvalue weighted by Gasteiger charge is 2.21. The number of nitrogens with one attached hydrogen (secondary N) is 2. The minimum atomic E-state index is -0.298. The van der Waals surface area contributed by atoms with Crippen LogP contribution in [0.4, 0.5) is 0 Å². The van der Waals surface area contributed by atoms with Crippen molar-refractivity contribution in [1.29, 1.82) is 0 Å². The van der Waals surface area contributed by atoms with Crippen molar-refractivity contribution in [3.8, 4) is 11.8 Å². The summed E-state index contributed by atoms with van der Waals surface area (Å²) in [6.07, 6.45) is 2.79. The van der Waals surface area contributed by atoms with E-state index in [1.165, 1.54) is 0 Å². The third-order valence-corrected chi connectivity index (χ3v) is 2.94. The van der Waals surface area contributed by atoms with Gasteiger partial charge in [0, 0.05) is 25.2 Å². The van der Waals surface area contributed by atoms with Crippen molar-refractivity contribution in [3.63, 3.8) is 0 Å². The third-order valence-electron chi connectivity index (χ3n) is 2.94. The molecule has 104 valence electrons. The molecule has 4 N–H and O–H groups in total. The molecule has 1 aromatic heterocycles. The van der Waals surface area contributed by atoms with Crippen LogP contribution in [0, 0.1) is 11.8 Å². The summed E-state index contributed by atoms with van der Waals surface area (Å²) in [5.74, 6) is 5.25. The molecule has 0 saturated carbocycles. The van der Waals surface area contributed by atoms with Gasteiger partial charge in [0.2, 0.25) is 5.91 Å². The molecule has 1 aromatic rings. The van der Waals surface area contributed by atoms with Gasteiger partial charge in [0.15, 0.2) is 0 Å². The van der Waals surface area contributed by atoms with Gasteiger partial charge in [-0.2, -0.15) is 0 Å². The Balaban J connectivity index is 2.00. The van der Waals surface area contributed by atoms with Crippen LogP contribution in [0.5, 0.6) is 0 Å². The molecule has 0 radical (unpaired) electrons. The smallest absolute Gasteiger partial charge is 0.271 e. The van der Waals surface area contributed by atoms with Crippen LogP contribution in [0.15, 0.2) is 18.3 Å². The largest absolute Gasteiger partial charge is 0.352 e. The highest BCUT2D eigenvalue weighted by molar-refractivity contribution is 5.94. The first-order valence-corrected chi connectivity index (χ1v) is 6.42. The number of nitrogens with two attached hydrogens (primary N) is 1. The van der Waals surface area contributed by atoms with Crippen molar-refractivity contribution in [1.82, 2.24) is 15.6 Å². The lowest BCUT2D eigenvalue weighted by atomic mass is 10.1. The van der Waals surface area contributed by atoms with Gasteiger partial charge in [0.05, 0.1) is 12.1 Å². The minimum absolute atomic E-state index is 0.00580. The molecule has 1 aliphatic heterocycles. The Hall–Kier alpha value is -2.39. The molecule has 6 nitrogen and oxygen atoms in total. The van der Waals surface area contributed by atoms with E-state index >= 15 is 0 Å². The first-order chi connectivity index (χ1) is 9.70. The zero-order chi connectivity index (χ0) is 14.4. The Bertz CT molecular complexity index is 574. The molecular formula is C14H16N4O2. The van der Waals surface area contributed by atoms with Gasteiger partial charge in [-0.1, -0.05) is 11.8 Å². The van der Waals surface area contributed by atoms with Crippen LogP contribution in [0.3, 0.4) is 0 Å². The lowest BCUT2D eigenvalue weighted by Gasteiger charge is -2.11. The number of amides is 2. The maximum Gasteiger partial charge on any atom is 0.271 e. The van der Waals surface area contributed by atoms with Gasteiger partial charge in [0.25, 0.3) is 5.91 Å². The molecule has 2 amide bonds.